The molecule has 0 saturated carbocycles. The first-order chi connectivity index (χ1) is 12.3. The van der Waals surface area contributed by atoms with Gasteiger partial charge < -0.3 is 14.7 Å². The first-order valence-electron chi connectivity index (χ1n) is 7.91. The number of carbonyl (C=O) groups excluding carboxylic acids is 2. The van der Waals surface area contributed by atoms with Crippen molar-refractivity contribution in [1.29, 1.82) is 0 Å². The zero-order chi connectivity index (χ0) is 19.1. The number of amides is 1. The van der Waals surface area contributed by atoms with Crippen LogP contribution in [0.3, 0.4) is 0 Å². The van der Waals surface area contributed by atoms with Gasteiger partial charge in [-0.15, -0.1) is 0 Å². The molecule has 0 fully saturated rings. The molecule has 1 atom stereocenters. The Bertz CT molecular complexity index is 879. The van der Waals surface area contributed by atoms with Gasteiger partial charge in [0.2, 0.25) is 5.91 Å². The number of hydrogen-bond donors (Lipinski definition) is 1. The number of rotatable bonds is 4. The Balaban J connectivity index is 2.09. The minimum absolute atomic E-state index is 0.0965. The third kappa shape index (κ3) is 2.84. The van der Waals surface area contributed by atoms with E-state index in [2.05, 4.69) is 0 Å². The molecule has 5 nitrogen and oxygen atoms in total. The zero-order valence-corrected chi connectivity index (χ0v) is 14.3. The molecular weight excluding hydrogens is 344 g/mol. The van der Waals surface area contributed by atoms with Crippen molar-refractivity contribution in [2.75, 3.05) is 18.6 Å². The van der Waals surface area contributed by atoms with Crippen molar-refractivity contribution in [3.05, 3.63) is 64.7 Å². The predicted molar refractivity (Wildman–Crippen MR) is 89.8 cm³/mol. The van der Waals surface area contributed by atoms with Gasteiger partial charge in [-0.05, 0) is 42.3 Å². The number of ether oxygens (including phenoxy) is 1. The van der Waals surface area contributed by atoms with Gasteiger partial charge in [0.15, 0.2) is 0 Å². The highest BCUT2D eigenvalue weighted by atomic mass is 19.1. The van der Waals surface area contributed by atoms with Crippen molar-refractivity contribution < 1.29 is 28.2 Å². The molecule has 0 bridgehead atoms. The Morgan fingerprint density at radius 2 is 1.85 bits per heavy atom. The highest BCUT2D eigenvalue weighted by molar-refractivity contribution is 6.09. The first kappa shape index (κ1) is 18.0. The molecule has 1 aliphatic rings. The number of methoxy groups -OCH3 is 1. The summed E-state index contributed by atoms with van der Waals surface area (Å²) in [6.07, 6.45) is 0. The van der Waals surface area contributed by atoms with Crippen molar-refractivity contribution in [2.24, 2.45) is 0 Å². The van der Waals surface area contributed by atoms with Crippen LogP contribution in [0.25, 0.3) is 0 Å². The number of nitrogens with zero attached hydrogens (tertiary/aromatic N) is 1. The minimum Gasteiger partial charge on any atom is -0.465 e. The molecule has 0 saturated heterocycles. The van der Waals surface area contributed by atoms with E-state index in [-0.39, 0.29) is 17.7 Å². The predicted octanol–water partition coefficient (Wildman–Crippen LogP) is 2.55. The molecule has 26 heavy (non-hydrogen) atoms. The maximum atomic E-state index is 13.5. The van der Waals surface area contributed by atoms with Crippen LogP contribution in [0.5, 0.6) is 0 Å². The van der Waals surface area contributed by atoms with Crippen LogP contribution in [0, 0.1) is 11.6 Å². The number of aliphatic hydroxyl groups excluding tert-OH is 1. The average Bonchev–Trinajstić information content (AvgIpc) is 2.82. The third-order valence-electron chi connectivity index (χ3n) is 4.60. The monoisotopic (exact) mass is 361 g/mol. The summed E-state index contributed by atoms with van der Waals surface area (Å²) >= 11 is 0. The number of carbonyl (C=O) groups is 2. The lowest BCUT2D eigenvalue weighted by Crippen LogP contribution is -2.40. The summed E-state index contributed by atoms with van der Waals surface area (Å²) in [7, 11) is 1.24. The van der Waals surface area contributed by atoms with Gasteiger partial charge in [-0.2, -0.15) is 0 Å². The molecule has 1 N–H and O–H groups in total. The number of hydrogen-bond acceptors (Lipinski definition) is 4. The molecule has 7 heteroatoms. The van der Waals surface area contributed by atoms with Gasteiger partial charge in [-0.3, -0.25) is 4.79 Å². The molecule has 1 aliphatic heterocycles. The number of aliphatic hydroxyl groups is 1. The second-order valence-electron chi connectivity index (χ2n) is 6.38. The Kier molecular flexibility index (Phi) is 4.50. The summed E-state index contributed by atoms with van der Waals surface area (Å²) in [6.45, 7) is 1.04. The maximum Gasteiger partial charge on any atom is 0.337 e. The maximum absolute atomic E-state index is 13.5. The molecule has 136 valence electrons. The lowest BCUT2D eigenvalue weighted by atomic mass is 9.84. The average molecular weight is 361 g/mol. The lowest BCUT2D eigenvalue weighted by Gasteiger charge is -2.22. The van der Waals surface area contributed by atoms with Gasteiger partial charge in [-0.25, -0.2) is 13.6 Å². The van der Waals surface area contributed by atoms with Crippen molar-refractivity contribution in [2.45, 2.75) is 18.9 Å². The lowest BCUT2D eigenvalue weighted by molar-refractivity contribution is -0.124. The van der Waals surface area contributed by atoms with E-state index in [1.807, 2.05) is 0 Å². The Labute approximate surface area is 148 Å². The van der Waals surface area contributed by atoms with E-state index in [1.54, 1.807) is 13.0 Å². The Hall–Kier alpha value is -2.80. The van der Waals surface area contributed by atoms with E-state index in [1.165, 1.54) is 24.1 Å². The molecule has 0 radical (unpaired) electrons. The molecule has 0 aromatic heterocycles. The van der Waals surface area contributed by atoms with Crippen LogP contribution in [-0.4, -0.2) is 30.7 Å². The normalized spacial score (nSPS) is 18.8. The summed E-state index contributed by atoms with van der Waals surface area (Å²) in [4.78, 5) is 26.0. The second kappa shape index (κ2) is 6.49. The van der Waals surface area contributed by atoms with Crippen LogP contribution in [0.1, 0.15) is 28.4 Å². The molecule has 2 aromatic rings. The molecule has 1 heterocycles. The number of halogens is 2. The van der Waals surface area contributed by atoms with Crippen molar-refractivity contribution in [3.8, 4) is 0 Å². The van der Waals surface area contributed by atoms with E-state index in [0.717, 1.165) is 18.2 Å². The third-order valence-corrected chi connectivity index (χ3v) is 4.60. The van der Waals surface area contributed by atoms with Gasteiger partial charge in [-0.1, -0.05) is 6.07 Å². The van der Waals surface area contributed by atoms with Crippen molar-refractivity contribution in [1.82, 2.24) is 0 Å². The fourth-order valence-electron chi connectivity index (χ4n) is 3.18. The van der Waals surface area contributed by atoms with Crippen LogP contribution >= 0.6 is 0 Å². The van der Waals surface area contributed by atoms with Crippen molar-refractivity contribution in [3.63, 3.8) is 0 Å². The highest BCUT2D eigenvalue weighted by Crippen LogP contribution is 2.43. The van der Waals surface area contributed by atoms with Crippen LogP contribution in [0.15, 0.2) is 36.4 Å². The second-order valence-corrected chi connectivity index (χ2v) is 6.38. The minimum atomic E-state index is -1.20. The molecule has 0 aliphatic carbocycles. The largest absolute Gasteiger partial charge is 0.465 e. The van der Waals surface area contributed by atoms with Crippen LogP contribution in [0.4, 0.5) is 14.5 Å². The standard InChI is InChI=1S/C19H17F2NO4/c1-19(10-23)15-4-3-12(17(24)26-2)7-16(15)22(18(19)25)9-11-5-13(20)8-14(21)6-11/h3-8,23H,9-10H2,1-2H3. The summed E-state index contributed by atoms with van der Waals surface area (Å²) in [5, 5.41) is 9.78. The van der Waals surface area contributed by atoms with Crippen LogP contribution < -0.4 is 4.90 Å². The smallest absolute Gasteiger partial charge is 0.337 e. The number of esters is 1. The van der Waals surface area contributed by atoms with Gasteiger partial charge in [0.05, 0.1) is 31.2 Å². The van der Waals surface area contributed by atoms with Gasteiger partial charge >= 0.3 is 5.97 Å². The molecule has 1 amide bonds. The van der Waals surface area contributed by atoms with E-state index in [0.29, 0.717) is 11.3 Å². The number of fused-ring (bicyclic) bond motifs is 1. The molecule has 1 unspecified atom stereocenters. The fraction of sp³-hybridized carbons (Fsp3) is 0.263. The summed E-state index contributed by atoms with van der Waals surface area (Å²) in [6, 6.07) is 7.59. The van der Waals surface area contributed by atoms with Gasteiger partial charge in [0, 0.05) is 11.8 Å². The Morgan fingerprint density at radius 3 is 2.42 bits per heavy atom. The summed E-state index contributed by atoms with van der Waals surface area (Å²) in [5.74, 6) is -2.49. The molecule has 2 aromatic carbocycles. The van der Waals surface area contributed by atoms with Crippen molar-refractivity contribution >= 4 is 17.6 Å². The molecular formula is C19H17F2NO4. The van der Waals surface area contributed by atoms with E-state index < -0.39 is 35.5 Å². The molecule has 0 spiro atoms. The number of benzene rings is 2. The van der Waals surface area contributed by atoms with Gasteiger partial charge in [0.1, 0.15) is 11.6 Å². The first-order valence-corrected chi connectivity index (χ1v) is 7.91. The highest BCUT2D eigenvalue weighted by Gasteiger charge is 2.47. The zero-order valence-electron chi connectivity index (χ0n) is 14.3. The van der Waals surface area contributed by atoms with E-state index in [9.17, 15) is 23.5 Å². The Morgan fingerprint density at radius 1 is 1.19 bits per heavy atom. The van der Waals surface area contributed by atoms with Crippen LogP contribution in [-0.2, 0) is 21.5 Å². The SMILES string of the molecule is COC(=O)c1ccc2c(c1)N(Cc1cc(F)cc(F)c1)C(=O)C2(C)CO. The fourth-order valence-corrected chi connectivity index (χ4v) is 3.18. The number of anilines is 1. The van der Waals surface area contributed by atoms with E-state index >= 15 is 0 Å². The quantitative estimate of drug-likeness (QED) is 0.850. The topological polar surface area (TPSA) is 66.8 Å². The van der Waals surface area contributed by atoms with Crippen LogP contribution in [0.2, 0.25) is 0 Å². The molecule has 3 rings (SSSR count). The van der Waals surface area contributed by atoms with Gasteiger partial charge in [0.25, 0.3) is 0 Å². The summed E-state index contributed by atoms with van der Waals surface area (Å²) < 4.78 is 31.7. The van der Waals surface area contributed by atoms with E-state index in [4.69, 9.17) is 4.74 Å². The summed E-state index contributed by atoms with van der Waals surface area (Å²) in [5.41, 5.74) is 0.230.